The molecular weight excluding hydrogens is 96.1 g/mol. The van der Waals surface area contributed by atoms with Crippen LogP contribution in [0, 0.1) is 5.92 Å². The van der Waals surface area contributed by atoms with Crippen LogP contribution >= 0.6 is 0 Å². The molecule has 0 heteroatoms. The van der Waals surface area contributed by atoms with Crippen LogP contribution in [0.5, 0.6) is 0 Å². The van der Waals surface area contributed by atoms with Crippen molar-refractivity contribution in [3.05, 3.63) is 0 Å². The lowest BCUT2D eigenvalue weighted by molar-refractivity contribution is 0.349. The lowest BCUT2D eigenvalue weighted by atomic mass is 9.88. The summed E-state index contributed by atoms with van der Waals surface area (Å²) in [5.74, 6) is 0.721. The van der Waals surface area contributed by atoms with Crippen molar-refractivity contribution in [1.29, 1.82) is 0 Å². The molecule has 0 N–H and O–H groups in total. The maximum atomic E-state index is 7.47. The van der Waals surface area contributed by atoms with Crippen LogP contribution in [-0.2, 0) is 0 Å². The van der Waals surface area contributed by atoms with Crippen LogP contribution < -0.4 is 0 Å². The number of hydrogen-bond donors (Lipinski definition) is 0. The fraction of sp³-hybridized carbons (Fsp3) is 1.00. The minimum atomic E-state index is 0.185. The van der Waals surface area contributed by atoms with Crippen molar-refractivity contribution in [2.75, 3.05) is 0 Å². The van der Waals surface area contributed by atoms with Crippen molar-refractivity contribution < 1.29 is 1.37 Å². The first-order chi connectivity index (χ1) is 4.30. The molecule has 1 unspecified atom stereocenters. The molecule has 0 aromatic heterocycles. The zero-order valence-electron chi connectivity index (χ0n) is 6.69. The van der Waals surface area contributed by atoms with E-state index in [0.29, 0.717) is 0 Å². The van der Waals surface area contributed by atoms with E-state index in [1.807, 2.05) is 6.92 Å². The summed E-state index contributed by atoms with van der Waals surface area (Å²) in [5, 5.41) is 0. The van der Waals surface area contributed by atoms with Crippen LogP contribution in [0.15, 0.2) is 0 Å². The topological polar surface area (TPSA) is 0 Å². The Balaban J connectivity index is 2.23. The summed E-state index contributed by atoms with van der Waals surface area (Å²) >= 11 is 0. The monoisotopic (exact) mass is 113 g/mol. The lowest BCUT2D eigenvalue weighted by Gasteiger charge is -2.18. The highest BCUT2D eigenvalue weighted by Crippen LogP contribution is 2.25. The van der Waals surface area contributed by atoms with Gasteiger partial charge in [-0.1, -0.05) is 45.4 Å². The van der Waals surface area contributed by atoms with E-state index in [9.17, 15) is 0 Å². The van der Waals surface area contributed by atoms with E-state index in [1.165, 1.54) is 32.1 Å². The van der Waals surface area contributed by atoms with Gasteiger partial charge in [-0.15, -0.1) is 0 Å². The molecular formula is C8H16. The number of rotatable bonds is 1. The summed E-state index contributed by atoms with van der Waals surface area (Å²) < 4.78 is 7.47. The van der Waals surface area contributed by atoms with Crippen LogP contribution in [0.4, 0.5) is 0 Å². The molecule has 1 aliphatic carbocycles. The van der Waals surface area contributed by atoms with Gasteiger partial charge in [-0.25, -0.2) is 0 Å². The lowest BCUT2D eigenvalue weighted by Crippen LogP contribution is -2.03. The van der Waals surface area contributed by atoms with E-state index in [0.717, 1.165) is 5.92 Å². The molecule has 0 aromatic rings. The van der Waals surface area contributed by atoms with E-state index >= 15 is 0 Å². The Kier molecular flexibility index (Phi) is 1.88. The normalized spacial score (nSPS) is 29.4. The van der Waals surface area contributed by atoms with Crippen LogP contribution in [-0.4, -0.2) is 0 Å². The molecule has 1 fully saturated rings. The van der Waals surface area contributed by atoms with Crippen molar-refractivity contribution in [1.82, 2.24) is 0 Å². The molecule has 1 saturated carbocycles. The van der Waals surface area contributed by atoms with E-state index in [4.69, 9.17) is 1.37 Å². The Morgan fingerprint density at radius 2 is 2.00 bits per heavy atom. The molecule has 1 atom stereocenters. The second kappa shape index (κ2) is 3.11. The Bertz CT molecular complexity index is 72.6. The van der Waals surface area contributed by atoms with Crippen LogP contribution in [0.25, 0.3) is 0 Å². The predicted octanol–water partition coefficient (Wildman–Crippen LogP) is 2.98. The second-order valence-electron chi connectivity index (χ2n) is 2.73. The van der Waals surface area contributed by atoms with E-state index in [1.54, 1.807) is 0 Å². The molecule has 48 valence electrons. The Labute approximate surface area is 53.7 Å². The molecule has 0 aromatic carbocycles. The molecule has 0 spiro atoms. The van der Waals surface area contributed by atoms with Gasteiger partial charge in [-0.05, 0) is 5.92 Å². The molecule has 1 rings (SSSR count). The van der Waals surface area contributed by atoms with Gasteiger partial charge >= 0.3 is 0 Å². The van der Waals surface area contributed by atoms with Gasteiger partial charge in [0.15, 0.2) is 0 Å². The summed E-state index contributed by atoms with van der Waals surface area (Å²) in [6, 6.07) is 0. The molecule has 1 aliphatic rings. The third-order valence-corrected chi connectivity index (χ3v) is 2.12. The smallest absolute Gasteiger partial charge is 0.0267 e. The third-order valence-electron chi connectivity index (χ3n) is 2.12. The molecule has 0 radical (unpaired) electrons. The minimum absolute atomic E-state index is 0.185. The van der Waals surface area contributed by atoms with Crippen LogP contribution in [0.3, 0.4) is 0 Å². The van der Waals surface area contributed by atoms with Gasteiger partial charge in [0.1, 0.15) is 0 Å². The maximum absolute atomic E-state index is 7.47. The second-order valence-corrected chi connectivity index (χ2v) is 2.73. The zero-order chi connectivity index (χ0) is 6.69. The van der Waals surface area contributed by atoms with Crippen molar-refractivity contribution in [2.24, 2.45) is 5.92 Å². The highest BCUT2D eigenvalue weighted by Gasteiger charge is 2.09. The quantitative estimate of drug-likeness (QED) is 0.490. The minimum Gasteiger partial charge on any atom is -0.0651 e. The van der Waals surface area contributed by atoms with Gasteiger partial charge in [0, 0.05) is 1.37 Å². The largest absolute Gasteiger partial charge is 0.0651 e. The first-order valence-electron chi connectivity index (χ1n) is 4.30. The first-order valence-corrected chi connectivity index (χ1v) is 3.73. The first kappa shape index (κ1) is 4.84. The van der Waals surface area contributed by atoms with E-state index < -0.39 is 0 Å². The molecule has 0 heterocycles. The number of hydrogen-bond acceptors (Lipinski definition) is 0. The van der Waals surface area contributed by atoms with Gasteiger partial charge in [0.2, 0.25) is 0 Å². The summed E-state index contributed by atoms with van der Waals surface area (Å²) in [7, 11) is 0. The SMILES string of the molecule is [2H]C(C)C1CCCCC1. The molecule has 8 heavy (non-hydrogen) atoms. The molecule has 0 bridgehead atoms. The standard InChI is InChI=1S/C8H16/c1-2-8-6-4-3-5-7-8/h8H,2-7H2,1H3/i2D. The molecule has 0 aliphatic heterocycles. The zero-order valence-corrected chi connectivity index (χ0v) is 5.69. The van der Waals surface area contributed by atoms with Crippen molar-refractivity contribution >= 4 is 0 Å². The predicted molar refractivity (Wildman–Crippen MR) is 36.9 cm³/mol. The third kappa shape index (κ3) is 1.50. The summed E-state index contributed by atoms with van der Waals surface area (Å²) in [5.41, 5.74) is 0. The van der Waals surface area contributed by atoms with E-state index in [-0.39, 0.29) is 6.40 Å². The average molecular weight is 113 g/mol. The summed E-state index contributed by atoms with van der Waals surface area (Å²) in [6.45, 7) is 2.02. The molecule has 0 nitrogen and oxygen atoms in total. The van der Waals surface area contributed by atoms with Crippen molar-refractivity contribution in [3.8, 4) is 0 Å². The van der Waals surface area contributed by atoms with Gasteiger partial charge in [-0.2, -0.15) is 0 Å². The van der Waals surface area contributed by atoms with Crippen molar-refractivity contribution in [2.45, 2.75) is 45.4 Å². The van der Waals surface area contributed by atoms with E-state index in [2.05, 4.69) is 0 Å². The van der Waals surface area contributed by atoms with Gasteiger partial charge < -0.3 is 0 Å². The van der Waals surface area contributed by atoms with Gasteiger partial charge in [0.05, 0.1) is 0 Å². The van der Waals surface area contributed by atoms with Gasteiger partial charge in [-0.3, -0.25) is 0 Å². The van der Waals surface area contributed by atoms with Gasteiger partial charge in [0.25, 0.3) is 0 Å². The maximum Gasteiger partial charge on any atom is 0.0267 e. The van der Waals surface area contributed by atoms with Crippen molar-refractivity contribution in [3.63, 3.8) is 0 Å². The fourth-order valence-electron chi connectivity index (χ4n) is 1.47. The highest BCUT2D eigenvalue weighted by atomic mass is 14.2. The summed E-state index contributed by atoms with van der Waals surface area (Å²) in [4.78, 5) is 0. The van der Waals surface area contributed by atoms with Crippen LogP contribution in [0.1, 0.15) is 46.8 Å². The molecule has 0 amide bonds. The average Bonchev–Trinajstić information content (AvgIpc) is 1.90. The highest BCUT2D eigenvalue weighted by molar-refractivity contribution is 4.63. The Hall–Kier alpha value is 0. The molecule has 0 saturated heterocycles. The Morgan fingerprint density at radius 1 is 1.38 bits per heavy atom. The van der Waals surface area contributed by atoms with Crippen LogP contribution in [0.2, 0.25) is 0 Å². The Morgan fingerprint density at radius 3 is 2.38 bits per heavy atom. The summed E-state index contributed by atoms with van der Waals surface area (Å²) in [6.07, 6.45) is 6.95. The fourth-order valence-corrected chi connectivity index (χ4v) is 1.47.